The van der Waals surface area contributed by atoms with Crippen molar-refractivity contribution in [2.24, 2.45) is 5.92 Å². The van der Waals surface area contributed by atoms with Crippen LogP contribution in [0.4, 0.5) is 4.39 Å². The van der Waals surface area contributed by atoms with Gasteiger partial charge in [0.2, 0.25) is 10.0 Å². The maximum Gasteiger partial charge on any atom is 0.264 e. The summed E-state index contributed by atoms with van der Waals surface area (Å²) in [6.45, 7) is 4.02. The van der Waals surface area contributed by atoms with Gasteiger partial charge in [0.15, 0.2) is 11.5 Å². The Morgan fingerprint density at radius 2 is 1.93 bits per heavy atom. The topological polar surface area (TPSA) is 76.3 Å². The zero-order valence-corrected chi connectivity index (χ0v) is 17.3. The Morgan fingerprint density at radius 3 is 2.52 bits per heavy atom. The number of hydrogen-bond acceptors (Lipinski definition) is 5. The lowest BCUT2D eigenvalue weighted by atomic mass is 9.94. The molecule has 1 aliphatic heterocycles. The summed E-state index contributed by atoms with van der Waals surface area (Å²) in [5.74, 6) is 0.705. The number of sulfonamides is 1. The Hall–Kier alpha value is -1.22. The van der Waals surface area contributed by atoms with E-state index in [9.17, 15) is 8.42 Å². The van der Waals surface area contributed by atoms with Crippen LogP contribution in [-0.2, 0) is 22.1 Å². The standard InChI is InChI=1S/C17H20Cl2FN3O3S/c1-11(2)9-15-21-16(26-22-15)17(20)5-7-23(8-6-17)27(24,25)12-3-4-13(18)14(19)10-12/h3-4,10-11H,5-9H2,1-2H3. The van der Waals surface area contributed by atoms with Crippen LogP contribution in [0.2, 0.25) is 10.0 Å². The number of aromatic nitrogens is 2. The molecule has 0 spiro atoms. The zero-order chi connectivity index (χ0) is 19.8. The van der Waals surface area contributed by atoms with Crippen molar-refractivity contribution >= 4 is 33.2 Å². The molecule has 0 amide bonds. The lowest BCUT2D eigenvalue weighted by Gasteiger charge is -2.33. The van der Waals surface area contributed by atoms with E-state index in [0.717, 1.165) is 0 Å². The molecule has 0 N–H and O–H groups in total. The molecule has 3 rings (SSSR count). The lowest BCUT2D eigenvalue weighted by Crippen LogP contribution is -2.43. The Labute approximate surface area is 167 Å². The molecule has 0 saturated carbocycles. The van der Waals surface area contributed by atoms with Crippen molar-refractivity contribution in [3.8, 4) is 0 Å². The van der Waals surface area contributed by atoms with Gasteiger partial charge in [-0.3, -0.25) is 0 Å². The second-order valence-electron chi connectivity index (χ2n) is 7.06. The normalized spacial score (nSPS) is 18.1. The Kier molecular flexibility index (Phi) is 5.82. The summed E-state index contributed by atoms with van der Waals surface area (Å²) in [5, 5.41) is 4.25. The van der Waals surface area contributed by atoms with Crippen LogP contribution in [0.15, 0.2) is 27.6 Å². The molecule has 1 saturated heterocycles. The highest BCUT2D eigenvalue weighted by atomic mass is 35.5. The molecular formula is C17H20Cl2FN3O3S. The highest BCUT2D eigenvalue weighted by Gasteiger charge is 2.44. The minimum Gasteiger partial charge on any atom is -0.336 e. The predicted molar refractivity (Wildman–Crippen MR) is 100 cm³/mol. The van der Waals surface area contributed by atoms with E-state index in [-0.39, 0.29) is 46.8 Å². The molecular weight excluding hydrogens is 416 g/mol. The van der Waals surface area contributed by atoms with Crippen LogP contribution in [0, 0.1) is 5.92 Å². The first-order chi connectivity index (χ1) is 12.6. The average Bonchev–Trinajstić information content (AvgIpc) is 3.06. The van der Waals surface area contributed by atoms with Gasteiger partial charge in [-0.15, -0.1) is 0 Å². The number of halogens is 3. The fourth-order valence-corrected chi connectivity index (χ4v) is 4.80. The lowest BCUT2D eigenvalue weighted by molar-refractivity contribution is 0.0511. The van der Waals surface area contributed by atoms with Crippen molar-refractivity contribution in [3.63, 3.8) is 0 Å². The SMILES string of the molecule is CC(C)Cc1noc(C2(F)CCN(S(=O)(=O)c3ccc(Cl)c(Cl)c3)CC2)n1. The highest BCUT2D eigenvalue weighted by molar-refractivity contribution is 7.89. The first-order valence-electron chi connectivity index (χ1n) is 8.59. The van der Waals surface area contributed by atoms with Gasteiger partial charge >= 0.3 is 0 Å². The van der Waals surface area contributed by atoms with Crippen molar-refractivity contribution in [2.75, 3.05) is 13.1 Å². The van der Waals surface area contributed by atoms with E-state index < -0.39 is 15.7 Å². The van der Waals surface area contributed by atoms with Crippen LogP contribution < -0.4 is 0 Å². The summed E-state index contributed by atoms with van der Waals surface area (Å²) >= 11 is 11.8. The summed E-state index contributed by atoms with van der Waals surface area (Å²) in [5.41, 5.74) is -1.83. The third-order valence-electron chi connectivity index (χ3n) is 4.49. The van der Waals surface area contributed by atoms with Crippen LogP contribution in [0.1, 0.15) is 38.4 Å². The van der Waals surface area contributed by atoms with E-state index >= 15 is 4.39 Å². The number of alkyl halides is 1. The summed E-state index contributed by atoms with van der Waals surface area (Å²) in [7, 11) is -3.79. The third kappa shape index (κ3) is 4.29. The van der Waals surface area contributed by atoms with Gasteiger partial charge in [0, 0.05) is 32.4 Å². The van der Waals surface area contributed by atoms with Crippen LogP contribution >= 0.6 is 23.2 Å². The number of piperidine rings is 1. The van der Waals surface area contributed by atoms with Crippen molar-refractivity contribution in [2.45, 2.75) is 43.7 Å². The first kappa shape index (κ1) is 20.5. The fraction of sp³-hybridized carbons (Fsp3) is 0.529. The maximum absolute atomic E-state index is 15.3. The van der Waals surface area contributed by atoms with E-state index in [1.54, 1.807) is 0 Å². The third-order valence-corrected chi connectivity index (χ3v) is 7.12. The van der Waals surface area contributed by atoms with Crippen molar-refractivity contribution in [1.29, 1.82) is 0 Å². The molecule has 1 aromatic heterocycles. The van der Waals surface area contributed by atoms with Gasteiger partial charge in [-0.05, 0) is 24.1 Å². The van der Waals surface area contributed by atoms with E-state index in [0.29, 0.717) is 18.2 Å². The second kappa shape index (κ2) is 7.66. The summed E-state index contributed by atoms with van der Waals surface area (Å²) in [6.07, 6.45) is 0.477. The van der Waals surface area contributed by atoms with Gasteiger partial charge in [0.05, 0.1) is 14.9 Å². The molecule has 1 aromatic carbocycles. The van der Waals surface area contributed by atoms with Crippen LogP contribution in [0.5, 0.6) is 0 Å². The Morgan fingerprint density at radius 1 is 1.26 bits per heavy atom. The van der Waals surface area contributed by atoms with Crippen molar-refractivity contribution < 1.29 is 17.3 Å². The van der Waals surface area contributed by atoms with Crippen LogP contribution in [0.3, 0.4) is 0 Å². The van der Waals surface area contributed by atoms with Gasteiger partial charge in [-0.25, -0.2) is 12.8 Å². The Bertz CT molecular complexity index is 925. The van der Waals surface area contributed by atoms with E-state index in [1.807, 2.05) is 13.8 Å². The molecule has 1 aliphatic rings. The minimum atomic E-state index is -3.79. The monoisotopic (exact) mass is 435 g/mol. The number of benzene rings is 1. The molecule has 10 heteroatoms. The van der Waals surface area contributed by atoms with E-state index in [2.05, 4.69) is 10.1 Å². The van der Waals surface area contributed by atoms with Gasteiger partial charge < -0.3 is 4.52 Å². The summed E-state index contributed by atoms with van der Waals surface area (Å²) < 4.78 is 47.2. The molecule has 2 aromatic rings. The molecule has 27 heavy (non-hydrogen) atoms. The van der Waals surface area contributed by atoms with Gasteiger partial charge in [0.25, 0.3) is 5.89 Å². The molecule has 0 atom stereocenters. The zero-order valence-electron chi connectivity index (χ0n) is 15.0. The van der Waals surface area contributed by atoms with E-state index in [4.69, 9.17) is 27.7 Å². The van der Waals surface area contributed by atoms with Gasteiger partial charge in [0.1, 0.15) is 0 Å². The van der Waals surface area contributed by atoms with Crippen LogP contribution in [-0.4, -0.2) is 36.0 Å². The molecule has 6 nitrogen and oxygen atoms in total. The summed E-state index contributed by atoms with van der Waals surface area (Å²) in [6, 6.07) is 4.11. The summed E-state index contributed by atoms with van der Waals surface area (Å²) in [4.78, 5) is 4.19. The maximum atomic E-state index is 15.3. The number of nitrogens with zero attached hydrogens (tertiary/aromatic N) is 3. The highest BCUT2D eigenvalue weighted by Crippen LogP contribution is 2.38. The van der Waals surface area contributed by atoms with Crippen LogP contribution in [0.25, 0.3) is 0 Å². The largest absolute Gasteiger partial charge is 0.336 e. The smallest absolute Gasteiger partial charge is 0.264 e. The fourth-order valence-electron chi connectivity index (χ4n) is 2.97. The van der Waals surface area contributed by atoms with Crippen molar-refractivity contribution in [1.82, 2.24) is 14.4 Å². The predicted octanol–water partition coefficient (Wildman–Crippen LogP) is 4.22. The quantitative estimate of drug-likeness (QED) is 0.702. The molecule has 0 unspecified atom stereocenters. The Balaban J connectivity index is 1.73. The molecule has 0 radical (unpaired) electrons. The molecule has 1 fully saturated rings. The van der Waals surface area contributed by atoms with Crippen molar-refractivity contribution in [3.05, 3.63) is 40.0 Å². The second-order valence-corrected chi connectivity index (χ2v) is 9.81. The van der Waals surface area contributed by atoms with E-state index in [1.165, 1.54) is 22.5 Å². The molecule has 0 bridgehead atoms. The molecule has 148 valence electrons. The number of hydrogen-bond donors (Lipinski definition) is 0. The molecule has 0 aliphatic carbocycles. The average molecular weight is 436 g/mol. The first-order valence-corrected chi connectivity index (χ1v) is 10.8. The number of rotatable bonds is 5. The minimum absolute atomic E-state index is 0.000965. The molecule has 2 heterocycles. The van der Waals surface area contributed by atoms with Gasteiger partial charge in [-0.2, -0.15) is 9.29 Å². The van der Waals surface area contributed by atoms with Gasteiger partial charge in [-0.1, -0.05) is 42.2 Å².